The molecule has 5 nitrogen and oxygen atoms in total. The van der Waals surface area contributed by atoms with Crippen LogP contribution in [0.4, 0.5) is 0 Å². The van der Waals surface area contributed by atoms with Crippen molar-refractivity contribution in [2.45, 2.75) is 19.9 Å². The van der Waals surface area contributed by atoms with Crippen LogP contribution in [0.15, 0.2) is 18.2 Å². The summed E-state index contributed by atoms with van der Waals surface area (Å²) in [5.74, 6) is -1.27. The van der Waals surface area contributed by atoms with Crippen molar-refractivity contribution >= 4 is 11.9 Å². The predicted molar refractivity (Wildman–Crippen MR) is 63.7 cm³/mol. The Labute approximate surface area is 99.6 Å². The fourth-order valence-electron chi connectivity index (χ4n) is 1.47. The number of hydrogen-bond acceptors (Lipinski definition) is 3. The lowest BCUT2D eigenvalue weighted by atomic mass is 10.0. The first-order valence-electron chi connectivity index (χ1n) is 5.32. The molecule has 0 aliphatic rings. The van der Waals surface area contributed by atoms with Crippen LogP contribution in [0.2, 0.25) is 0 Å². The van der Waals surface area contributed by atoms with Crippen LogP contribution < -0.4 is 11.1 Å². The number of amides is 1. The third-order valence-corrected chi connectivity index (χ3v) is 2.46. The van der Waals surface area contributed by atoms with Gasteiger partial charge in [-0.15, -0.1) is 0 Å². The van der Waals surface area contributed by atoms with Crippen LogP contribution in [0.1, 0.15) is 27.9 Å². The van der Waals surface area contributed by atoms with Crippen LogP contribution >= 0.6 is 0 Å². The molecule has 1 rings (SSSR count). The zero-order valence-corrected chi connectivity index (χ0v) is 9.69. The molecule has 4 N–H and O–H groups in total. The number of nitrogens with two attached hydrogens (primary N) is 1. The van der Waals surface area contributed by atoms with Crippen LogP contribution in [0.3, 0.4) is 0 Å². The standard InChI is InChI=1S/C12H16N2O3/c1-8-6-9(12(13)17)2-3-10(8)7-14-5-4-11(15)16/h2-3,6,14H,4-5,7H2,1H3,(H2,13,17)(H,15,16). The molecular formula is C12H16N2O3. The Morgan fingerprint density at radius 1 is 1.41 bits per heavy atom. The molecule has 0 saturated carbocycles. The number of aliphatic carboxylic acids is 1. The lowest BCUT2D eigenvalue weighted by molar-refractivity contribution is -0.136. The molecule has 0 unspecified atom stereocenters. The van der Waals surface area contributed by atoms with E-state index in [1.807, 2.05) is 13.0 Å². The third kappa shape index (κ3) is 4.24. The summed E-state index contributed by atoms with van der Waals surface area (Å²) in [6, 6.07) is 5.23. The van der Waals surface area contributed by atoms with Gasteiger partial charge >= 0.3 is 5.97 Å². The number of benzene rings is 1. The highest BCUT2D eigenvalue weighted by atomic mass is 16.4. The minimum Gasteiger partial charge on any atom is -0.481 e. The van der Waals surface area contributed by atoms with Crippen molar-refractivity contribution in [3.05, 3.63) is 34.9 Å². The molecule has 0 bridgehead atoms. The van der Waals surface area contributed by atoms with E-state index in [0.29, 0.717) is 18.7 Å². The van der Waals surface area contributed by atoms with Crippen LogP contribution in [0, 0.1) is 6.92 Å². The number of carbonyl (C=O) groups is 2. The van der Waals surface area contributed by atoms with Gasteiger partial charge in [-0.3, -0.25) is 9.59 Å². The summed E-state index contributed by atoms with van der Waals surface area (Å²) in [5.41, 5.74) is 7.64. The van der Waals surface area contributed by atoms with E-state index in [-0.39, 0.29) is 6.42 Å². The quantitative estimate of drug-likeness (QED) is 0.632. The molecule has 0 atom stereocenters. The van der Waals surface area contributed by atoms with E-state index in [1.54, 1.807) is 12.1 Å². The maximum atomic E-state index is 10.9. The second kappa shape index (κ2) is 6.00. The van der Waals surface area contributed by atoms with Crippen LogP contribution in [0.5, 0.6) is 0 Å². The van der Waals surface area contributed by atoms with Crippen molar-refractivity contribution < 1.29 is 14.7 Å². The highest BCUT2D eigenvalue weighted by Gasteiger charge is 2.04. The molecular weight excluding hydrogens is 220 g/mol. The monoisotopic (exact) mass is 236 g/mol. The van der Waals surface area contributed by atoms with E-state index >= 15 is 0 Å². The summed E-state index contributed by atoms with van der Waals surface area (Å²) in [5, 5.41) is 11.5. The van der Waals surface area contributed by atoms with Gasteiger partial charge in [0, 0.05) is 18.7 Å². The van der Waals surface area contributed by atoms with E-state index in [9.17, 15) is 9.59 Å². The van der Waals surface area contributed by atoms with Gasteiger partial charge in [-0.1, -0.05) is 6.07 Å². The zero-order valence-electron chi connectivity index (χ0n) is 9.69. The molecule has 1 amide bonds. The lowest BCUT2D eigenvalue weighted by Crippen LogP contribution is -2.18. The first kappa shape index (κ1) is 13.2. The van der Waals surface area contributed by atoms with Crippen LogP contribution in [-0.2, 0) is 11.3 Å². The number of nitrogens with one attached hydrogen (secondary N) is 1. The Morgan fingerprint density at radius 2 is 2.12 bits per heavy atom. The highest BCUT2D eigenvalue weighted by molar-refractivity contribution is 5.93. The van der Waals surface area contributed by atoms with Gasteiger partial charge in [0.2, 0.25) is 5.91 Å². The van der Waals surface area contributed by atoms with E-state index in [4.69, 9.17) is 10.8 Å². The molecule has 17 heavy (non-hydrogen) atoms. The fraction of sp³-hybridized carbons (Fsp3) is 0.333. The Bertz CT molecular complexity index is 430. The molecule has 0 radical (unpaired) electrons. The molecule has 5 heteroatoms. The van der Waals surface area contributed by atoms with Gasteiger partial charge in [0.25, 0.3) is 0 Å². The first-order valence-corrected chi connectivity index (χ1v) is 5.32. The summed E-state index contributed by atoms with van der Waals surface area (Å²) < 4.78 is 0. The van der Waals surface area contributed by atoms with Gasteiger partial charge in [-0.25, -0.2) is 0 Å². The topological polar surface area (TPSA) is 92.4 Å². The molecule has 1 aromatic rings. The molecule has 0 heterocycles. The summed E-state index contributed by atoms with van der Waals surface area (Å²) in [6.45, 7) is 2.89. The summed E-state index contributed by atoms with van der Waals surface area (Å²) in [4.78, 5) is 21.2. The Balaban J connectivity index is 2.54. The second-order valence-corrected chi connectivity index (χ2v) is 3.83. The molecule has 0 fully saturated rings. The second-order valence-electron chi connectivity index (χ2n) is 3.83. The van der Waals surface area contributed by atoms with Gasteiger partial charge in [0.05, 0.1) is 6.42 Å². The van der Waals surface area contributed by atoms with Crippen molar-refractivity contribution in [2.24, 2.45) is 5.73 Å². The summed E-state index contributed by atoms with van der Waals surface area (Å²) >= 11 is 0. The first-order chi connectivity index (χ1) is 8.00. The number of rotatable bonds is 6. The molecule has 0 spiro atoms. The van der Waals surface area contributed by atoms with Crippen LogP contribution in [-0.4, -0.2) is 23.5 Å². The van der Waals surface area contributed by atoms with Crippen LogP contribution in [0.25, 0.3) is 0 Å². The SMILES string of the molecule is Cc1cc(C(N)=O)ccc1CNCCC(=O)O. The van der Waals surface area contributed by atoms with E-state index in [2.05, 4.69) is 5.32 Å². The predicted octanol–water partition coefficient (Wildman–Crippen LogP) is 0.658. The van der Waals surface area contributed by atoms with E-state index in [0.717, 1.165) is 11.1 Å². The molecule has 0 saturated heterocycles. The molecule has 0 aliphatic carbocycles. The smallest absolute Gasteiger partial charge is 0.304 e. The number of carbonyl (C=O) groups excluding carboxylic acids is 1. The van der Waals surface area contributed by atoms with E-state index < -0.39 is 11.9 Å². The maximum Gasteiger partial charge on any atom is 0.304 e. The van der Waals surface area contributed by atoms with Crippen molar-refractivity contribution in [3.8, 4) is 0 Å². The van der Waals surface area contributed by atoms with Crippen molar-refractivity contribution in [1.29, 1.82) is 0 Å². The number of carboxylic acid groups (broad SMARTS) is 1. The third-order valence-electron chi connectivity index (χ3n) is 2.46. The number of carboxylic acids is 1. The van der Waals surface area contributed by atoms with Gasteiger partial charge in [0.15, 0.2) is 0 Å². The summed E-state index contributed by atoms with van der Waals surface area (Å²) in [7, 11) is 0. The fourth-order valence-corrected chi connectivity index (χ4v) is 1.47. The number of hydrogen-bond donors (Lipinski definition) is 3. The zero-order chi connectivity index (χ0) is 12.8. The van der Waals surface area contributed by atoms with Gasteiger partial charge in [-0.2, -0.15) is 0 Å². The van der Waals surface area contributed by atoms with Gasteiger partial charge < -0.3 is 16.2 Å². The van der Waals surface area contributed by atoms with E-state index in [1.165, 1.54) is 0 Å². The molecule has 0 aliphatic heterocycles. The molecule has 0 aromatic heterocycles. The van der Waals surface area contributed by atoms with Crippen molar-refractivity contribution in [3.63, 3.8) is 0 Å². The number of aryl methyl sites for hydroxylation is 1. The molecule has 92 valence electrons. The Hall–Kier alpha value is -1.88. The van der Waals surface area contributed by atoms with Gasteiger partial charge in [0.1, 0.15) is 0 Å². The van der Waals surface area contributed by atoms with Crippen molar-refractivity contribution in [2.75, 3.05) is 6.54 Å². The minimum atomic E-state index is -0.821. The Morgan fingerprint density at radius 3 is 2.65 bits per heavy atom. The maximum absolute atomic E-state index is 10.9. The van der Waals surface area contributed by atoms with Gasteiger partial charge in [-0.05, 0) is 30.2 Å². The average molecular weight is 236 g/mol. The largest absolute Gasteiger partial charge is 0.481 e. The Kier molecular flexibility index (Phi) is 4.66. The summed E-state index contributed by atoms with van der Waals surface area (Å²) in [6.07, 6.45) is 0.0957. The normalized spacial score (nSPS) is 10.2. The number of primary amides is 1. The molecule has 1 aromatic carbocycles. The van der Waals surface area contributed by atoms with Crippen molar-refractivity contribution in [1.82, 2.24) is 5.32 Å². The average Bonchev–Trinajstić information content (AvgIpc) is 2.25. The lowest BCUT2D eigenvalue weighted by Gasteiger charge is -2.08. The highest BCUT2D eigenvalue weighted by Crippen LogP contribution is 2.10. The minimum absolute atomic E-state index is 0.0957.